The summed E-state index contributed by atoms with van der Waals surface area (Å²) in [4.78, 5) is 24.8. The van der Waals surface area contributed by atoms with Crippen LogP contribution in [0.1, 0.15) is 54.6 Å². The summed E-state index contributed by atoms with van der Waals surface area (Å²) in [5.74, 6) is -0.398. The van der Waals surface area contributed by atoms with Gasteiger partial charge in [-0.25, -0.2) is 0 Å². The zero-order valence-corrected chi connectivity index (χ0v) is 13.2. The van der Waals surface area contributed by atoms with Crippen LogP contribution in [0.4, 0.5) is 13.2 Å². The molecule has 1 saturated carbocycles. The van der Waals surface area contributed by atoms with Gasteiger partial charge >= 0.3 is 6.18 Å². The molecule has 2 fully saturated rings. The number of hydrogen-bond acceptors (Lipinski definition) is 3. The molecule has 1 aromatic heterocycles. The molecule has 1 aromatic rings. The van der Waals surface area contributed by atoms with Gasteiger partial charge in [-0.1, -0.05) is 0 Å². The number of carbonyl (C=O) groups is 2. The van der Waals surface area contributed by atoms with E-state index in [2.05, 4.69) is 5.32 Å². The number of hydrogen-bond donors (Lipinski definition) is 1. The van der Waals surface area contributed by atoms with E-state index in [1.807, 2.05) is 0 Å². The van der Waals surface area contributed by atoms with Crippen molar-refractivity contribution in [3.63, 3.8) is 0 Å². The number of nitrogens with one attached hydrogen (secondary N) is 1. The number of carbonyl (C=O) groups excluding carboxylic acids is 2. The highest BCUT2D eigenvalue weighted by molar-refractivity contribution is 5.96. The monoisotopic (exact) mass is 344 g/mol. The van der Waals surface area contributed by atoms with Crippen molar-refractivity contribution in [1.29, 1.82) is 0 Å². The molecule has 1 aliphatic heterocycles. The van der Waals surface area contributed by atoms with Crippen molar-refractivity contribution in [3.05, 3.63) is 23.7 Å². The number of likely N-dealkylation sites (tertiary alicyclic amines) is 1. The second-order valence-electron chi connectivity index (χ2n) is 6.46. The minimum atomic E-state index is -4.50. The average Bonchev–Trinajstić information content (AvgIpc) is 3.22. The van der Waals surface area contributed by atoms with Crippen LogP contribution in [-0.4, -0.2) is 41.5 Å². The van der Waals surface area contributed by atoms with Gasteiger partial charge in [0.15, 0.2) is 0 Å². The van der Waals surface area contributed by atoms with Crippen LogP contribution in [0.15, 0.2) is 16.7 Å². The smallest absolute Gasteiger partial charge is 0.408 e. The summed E-state index contributed by atoms with van der Waals surface area (Å²) in [5, 5.41) is 2.61. The van der Waals surface area contributed by atoms with Crippen molar-refractivity contribution in [2.24, 2.45) is 0 Å². The first kappa shape index (κ1) is 16.9. The Balaban J connectivity index is 1.85. The molecule has 132 valence electrons. The normalized spacial score (nSPS) is 24.8. The molecule has 24 heavy (non-hydrogen) atoms. The van der Waals surface area contributed by atoms with Gasteiger partial charge in [-0.3, -0.25) is 9.59 Å². The molecule has 1 N–H and O–H groups in total. The highest BCUT2D eigenvalue weighted by Crippen LogP contribution is 2.43. The van der Waals surface area contributed by atoms with E-state index in [0.717, 1.165) is 17.7 Å². The van der Waals surface area contributed by atoms with E-state index < -0.39 is 24.2 Å². The van der Waals surface area contributed by atoms with E-state index in [1.165, 1.54) is 19.3 Å². The molecule has 2 aliphatic rings. The highest BCUT2D eigenvalue weighted by Gasteiger charge is 2.49. The molecule has 2 amide bonds. The molecule has 1 saturated heterocycles. The number of furan rings is 1. The van der Waals surface area contributed by atoms with E-state index in [1.54, 1.807) is 0 Å². The molecule has 0 aromatic carbocycles. The molecular formula is C16H19F3N2O3. The van der Waals surface area contributed by atoms with Crippen LogP contribution < -0.4 is 5.32 Å². The first-order valence-corrected chi connectivity index (χ1v) is 7.99. The largest absolute Gasteiger partial charge is 0.468 e. The van der Waals surface area contributed by atoms with Crippen molar-refractivity contribution < 1.29 is 27.2 Å². The van der Waals surface area contributed by atoms with Gasteiger partial charge in [-0.05, 0) is 31.7 Å². The van der Waals surface area contributed by atoms with Crippen LogP contribution in [0, 0.1) is 0 Å². The van der Waals surface area contributed by atoms with Gasteiger partial charge in [0.25, 0.3) is 5.91 Å². The zero-order chi connectivity index (χ0) is 17.5. The van der Waals surface area contributed by atoms with Gasteiger partial charge in [0.2, 0.25) is 5.91 Å². The zero-order valence-electron chi connectivity index (χ0n) is 13.2. The van der Waals surface area contributed by atoms with Crippen LogP contribution >= 0.6 is 0 Å². The Morgan fingerprint density at radius 3 is 2.54 bits per heavy atom. The summed E-state index contributed by atoms with van der Waals surface area (Å²) in [7, 11) is 0. The van der Waals surface area contributed by atoms with Gasteiger partial charge < -0.3 is 14.6 Å². The van der Waals surface area contributed by atoms with Crippen LogP contribution in [0.5, 0.6) is 0 Å². The van der Waals surface area contributed by atoms with E-state index in [0.29, 0.717) is 5.76 Å². The van der Waals surface area contributed by atoms with E-state index in [9.17, 15) is 22.8 Å². The molecule has 0 unspecified atom stereocenters. The van der Waals surface area contributed by atoms with Crippen LogP contribution in [0.25, 0.3) is 0 Å². The Kier molecular flexibility index (Phi) is 4.31. The topological polar surface area (TPSA) is 62.6 Å². The maximum atomic E-state index is 13.3. The van der Waals surface area contributed by atoms with Crippen LogP contribution in [0.2, 0.25) is 0 Å². The quantitative estimate of drug-likeness (QED) is 0.917. The molecule has 0 bridgehead atoms. The maximum absolute atomic E-state index is 13.3. The molecule has 0 radical (unpaired) electrons. The Hall–Kier alpha value is -1.99. The lowest BCUT2D eigenvalue weighted by Crippen LogP contribution is -2.58. The maximum Gasteiger partial charge on any atom is 0.408 e. The van der Waals surface area contributed by atoms with Gasteiger partial charge in [0.05, 0.1) is 11.8 Å². The van der Waals surface area contributed by atoms with Gasteiger partial charge in [-0.15, -0.1) is 0 Å². The van der Waals surface area contributed by atoms with Gasteiger partial charge in [0.1, 0.15) is 11.8 Å². The average molecular weight is 344 g/mol. The number of amides is 2. The summed E-state index contributed by atoms with van der Waals surface area (Å²) in [5.41, 5.74) is 0.204. The number of alkyl halides is 3. The standard InChI is InChI=1S/C16H19F3N2O3/c1-9(22)20-11-4-5-13(16(17,18)19)21(8-11)15(23)12-6-7-24-14(12)10-2-3-10/h6-7,10-11,13H,2-5,8H2,1H3,(H,20,22)/t11-,13+/m1/s1. The minimum Gasteiger partial charge on any atom is -0.468 e. The van der Waals surface area contributed by atoms with E-state index in [4.69, 9.17) is 4.42 Å². The van der Waals surface area contributed by atoms with Crippen LogP contribution in [-0.2, 0) is 4.79 Å². The fraction of sp³-hybridized carbons (Fsp3) is 0.625. The summed E-state index contributed by atoms with van der Waals surface area (Å²) in [6, 6.07) is -0.871. The number of rotatable bonds is 3. The van der Waals surface area contributed by atoms with Crippen molar-refractivity contribution in [2.45, 2.75) is 56.8 Å². The summed E-state index contributed by atoms with van der Waals surface area (Å²) in [6.45, 7) is 1.15. The molecule has 0 spiro atoms. The molecule has 5 nitrogen and oxygen atoms in total. The van der Waals surface area contributed by atoms with Crippen molar-refractivity contribution in [1.82, 2.24) is 10.2 Å². The third-order valence-electron chi connectivity index (χ3n) is 4.50. The summed E-state index contributed by atoms with van der Waals surface area (Å²) < 4.78 is 45.4. The van der Waals surface area contributed by atoms with Crippen molar-refractivity contribution >= 4 is 11.8 Å². The van der Waals surface area contributed by atoms with Gasteiger partial charge in [-0.2, -0.15) is 13.2 Å². The third-order valence-corrected chi connectivity index (χ3v) is 4.50. The predicted molar refractivity (Wildman–Crippen MR) is 78.4 cm³/mol. The first-order valence-electron chi connectivity index (χ1n) is 7.99. The molecule has 2 heterocycles. The lowest BCUT2D eigenvalue weighted by atomic mass is 9.96. The Morgan fingerprint density at radius 1 is 1.25 bits per heavy atom. The highest BCUT2D eigenvalue weighted by atomic mass is 19.4. The number of nitrogens with zero attached hydrogens (tertiary/aromatic N) is 1. The Bertz CT molecular complexity index is 637. The summed E-state index contributed by atoms with van der Waals surface area (Å²) >= 11 is 0. The lowest BCUT2D eigenvalue weighted by Gasteiger charge is -2.40. The fourth-order valence-corrected chi connectivity index (χ4v) is 3.25. The van der Waals surface area contributed by atoms with Crippen molar-refractivity contribution in [2.75, 3.05) is 6.54 Å². The van der Waals surface area contributed by atoms with Crippen LogP contribution in [0.3, 0.4) is 0 Å². The van der Waals surface area contributed by atoms with E-state index >= 15 is 0 Å². The van der Waals surface area contributed by atoms with Gasteiger partial charge in [0, 0.05) is 25.4 Å². The Labute approximate surface area is 137 Å². The fourth-order valence-electron chi connectivity index (χ4n) is 3.25. The third kappa shape index (κ3) is 3.42. The second-order valence-corrected chi connectivity index (χ2v) is 6.46. The molecule has 3 rings (SSSR count). The lowest BCUT2D eigenvalue weighted by molar-refractivity contribution is -0.184. The molecule has 8 heteroatoms. The minimum absolute atomic E-state index is 0.124. The molecule has 2 atom stereocenters. The first-order chi connectivity index (χ1) is 11.3. The second kappa shape index (κ2) is 6.14. The predicted octanol–water partition coefficient (Wildman–Crippen LogP) is 2.83. The van der Waals surface area contributed by atoms with E-state index in [-0.39, 0.29) is 36.8 Å². The SMILES string of the molecule is CC(=O)N[C@@H]1CC[C@@H](C(F)(F)F)N(C(=O)c2ccoc2C2CC2)C1. The number of halogens is 3. The number of piperidine rings is 1. The summed E-state index contributed by atoms with van der Waals surface area (Å²) in [6.07, 6.45) is -1.43. The Morgan fingerprint density at radius 2 is 1.96 bits per heavy atom. The molecule has 1 aliphatic carbocycles. The molecular weight excluding hydrogens is 325 g/mol. The van der Waals surface area contributed by atoms with Crippen molar-refractivity contribution in [3.8, 4) is 0 Å².